The summed E-state index contributed by atoms with van der Waals surface area (Å²) in [4.78, 5) is 11.1. The first-order chi connectivity index (χ1) is 11.1. The number of rotatable bonds is 4. The van der Waals surface area contributed by atoms with Gasteiger partial charge in [-0.05, 0) is 37.0 Å². The van der Waals surface area contributed by atoms with E-state index in [1.807, 2.05) is 0 Å². The van der Waals surface area contributed by atoms with Crippen LogP contribution in [0, 0.1) is 17.2 Å². The molecule has 0 aliphatic heterocycles. The Bertz CT molecular complexity index is 776. The number of nitrogens with zero attached hydrogens (tertiary/aromatic N) is 1. The maximum atomic E-state index is 12.9. The van der Waals surface area contributed by atoms with Crippen LogP contribution in [-0.4, -0.2) is 14.3 Å². The summed E-state index contributed by atoms with van der Waals surface area (Å²) in [6, 6.07) is 3.38. The van der Waals surface area contributed by atoms with Gasteiger partial charge >= 0.3 is 6.18 Å². The minimum atomic E-state index is -4.87. The SMILES string of the molecule is N#Cc1ccc(S(=O)(=O)NC(=O)CC2CCCC2)cc1C(F)(F)F. The van der Waals surface area contributed by atoms with E-state index >= 15 is 0 Å². The standard InChI is InChI=1S/C15H15F3N2O3S/c16-15(17,18)13-8-12(6-5-11(13)9-19)24(22,23)20-14(21)7-10-3-1-2-4-10/h5-6,8,10H,1-4,7H2,(H,20,21). The van der Waals surface area contributed by atoms with Crippen molar-refractivity contribution in [3.05, 3.63) is 29.3 Å². The molecule has 0 heterocycles. The zero-order chi connectivity index (χ0) is 18.0. The van der Waals surface area contributed by atoms with Gasteiger partial charge in [0, 0.05) is 6.42 Å². The van der Waals surface area contributed by atoms with Crippen molar-refractivity contribution in [3.63, 3.8) is 0 Å². The Kier molecular flexibility index (Phi) is 5.18. The van der Waals surface area contributed by atoms with E-state index in [1.165, 1.54) is 6.07 Å². The second-order valence-corrected chi connectivity index (χ2v) is 7.38. The molecule has 130 valence electrons. The zero-order valence-corrected chi connectivity index (χ0v) is 13.4. The van der Waals surface area contributed by atoms with Gasteiger partial charge in [-0.25, -0.2) is 13.1 Å². The molecule has 1 saturated carbocycles. The number of halogens is 3. The van der Waals surface area contributed by atoms with Gasteiger partial charge in [-0.3, -0.25) is 4.79 Å². The second kappa shape index (κ2) is 6.81. The van der Waals surface area contributed by atoms with Crippen LogP contribution in [0.5, 0.6) is 0 Å². The fourth-order valence-electron chi connectivity index (χ4n) is 2.75. The summed E-state index contributed by atoms with van der Waals surface area (Å²) in [5.74, 6) is -0.633. The molecule has 1 aliphatic rings. The number of nitrogens with one attached hydrogen (secondary N) is 1. The molecular formula is C15H15F3N2O3S. The summed E-state index contributed by atoms with van der Waals surface area (Å²) in [5, 5.41) is 8.71. The van der Waals surface area contributed by atoms with Crippen LogP contribution in [0.15, 0.2) is 23.1 Å². The van der Waals surface area contributed by atoms with E-state index in [1.54, 1.807) is 4.72 Å². The summed E-state index contributed by atoms with van der Waals surface area (Å²) < 4.78 is 64.7. The van der Waals surface area contributed by atoms with Gasteiger partial charge in [-0.1, -0.05) is 12.8 Å². The molecule has 5 nitrogen and oxygen atoms in total. The lowest BCUT2D eigenvalue weighted by molar-refractivity contribution is -0.137. The van der Waals surface area contributed by atoms with Crippen LogP contribution in [0.4, 0.5) is 13.2 Å². The quantitative estimate of drug-likeness (QED) is 0.894. The topological polar surface area (TPSA) is 87.0 Å². The summed E-state index contributed by atoms with van der Waals surface area (Å²) in [5.41, 5.74) is -2.03. The number of hydrogen-bond donors (Lipinski definition) is 1. The lowest BCUT2D eigenvalue weighted by Crippen LogP contribution is -2.31. The van der Waals surface area contributed by atoms with Gasteiger partial charge in [0.25, 0.3) is 10.0 Å². The lowest BCUT2D eigenvalue weighted by atomic mass is 10.0. The maximum absolute atomic E-state index is 12.9. The molecule has 0 aromatic heterocycles. The molecule has 1 N–H and O–H groups in total. The van der Waals surface area contributed by atoms with Gasteiger partial charge < -0.3 is 0 Å². The van der Waals surface area contributed by atoms with Crippen LogP contribution in [0.3, 0.4) is 0 Å². The zero-order valence-electron chi connectivity index (χ0n) is 12.6. The highest BCUT2D eigenvalue weighted by molar-refractivity contribution is 7.90. The van der Waals surface area contributed by atoms with Crippen molar-refractivity contribution in [2.75, 3.05) is 0 Å². The molecule has 1 aromatic carbocycles. The van der Waals surface area contributed by atoms with Gasteiger partial charge in [-0.15, -0.1) is 0 Å². The van der Waals surface area contributed by atoms with Crippen LogP contribution in [0.2, 0.25) is 0 Å². The summed E-state index contributed by atoms with van der Waals surface area (Å²) in [7, 11) is -4.42. The Balaban J connectivity index is 2.22. The number of sulfonamides is 1. The molecule has 1 aromatic rings. The minimum absolute atomic E-state index is 0.0294. The summed E-state index contributed by atoms with van der Waals surface area (Å²) >= 11 is 0. The molecule has 0 radical (unpaired) electrons. The molecule has 0 unspecified atom stereocenters. The molecule has 1 aliphatic carbocycles. The fourth-order valence-corrected chi connectivity index (χ4v) is 3.77. The largest absolute Gasteiger partial charge is 0.417 e. The van der Waals surface area contributed by atoms with E-state index < -0.39 is 38.1 Å². The maximum Gasteiger partial charge on any atom is 0.417 e. The van der Waals surface area contributed by atoms with Crippen LogP contribution >= 0.6 is 0 Å². The minimum Gasteiger partial charge on any atom is -0.274 e. The third-order valence-corrected chi connectivity index (χ3v) is 5.30. The van der Waals surface area contributed by atoms with Gasteiger partial charge in [0.05, 0.1) is 22.1 Å². The predicted molar refractivity (Wildman–Crippen MR) is 78.1 cm³/mol. The van der Waals surface area contributed by atoms with E-state index in [2.05, 4.69) is 0 Å². The number of nitriles is 1. The van der Waals surface area contributed by atoms with Gasteiger partial charge in [0.15, 0.2) is 0 Å². The third kappa shape index (κ3) is 4.26. The van der Waals surface area contributed by atoms with Crippen molar-refractivity contribution in [1.82, 2.24) is 4.72 Å². The van der Waals surface area contributed by atoms with Gasteiger partial charge in [-0.2, -0.15) is 18.4 Å². The van der Waals surface area contributed by atoms with Crippen LogP contribution in [0.1, 0.15) is 43.2 Å². The fraction of sp³-hybridized carbons (Fsp3) is 0.467. The van der Waals surface area contributed by atoms with E-state index in [0.717, 1.165) is 37.8 Å². The lowest BCUT2D eigenvalue weighted by Gasteiger charge is -2.13. The van der Waals surface area contributed by atoms with Crippen molar-refractivity contribution in [1.29, 1.82) is 5.26 Å². The molecule has 0 bridgehead atoms. The number of hydrogen-bond acceptors (Lipinski definition) is 4. The Morgan fingerprint density at radius 1 is 1.29 bits per heavy atom. The molecule has 0 saturated heterocycles. The van der Waals surface area contributed by atoms with Crippen LogP contribution in [-0.2, 0) is 21.0 Å². The van der Waals surface area contributed by atoms with Crippen molar-refractivity contribution in [2.24, 2.45) is 5.92 Å². The summed E-state index contributed by atoms with van der Waals surface area (Å²) in [6.07, 6.45) is -1.21. The molecule has 1 amide bonds. The Morgan fingerprint density at radius 2 is 1.92 bits per heavy atom. The highest BCUT2D eigenvalue weighted by Crippen LogP contribution is 2.33. The van der Waals surface area contributed by atoms with Crippen molar-refractivity contribution in [2.45, 2.75) is 43.2 Å². The number of carbonyl (C=O) groups is 1. The van der Waals surface area contributed by atoms with Crippen molar-refractivity contribution >= 4 is 15.9 Å². The Morgan fingerprint density at radius 3 is 2.46 bits per heavy atom. The van der Waals surface area contributed by atoms with Gasteiger partial charge in [0.2, 0.25) is 5.91 Å². The number of benzene rings is 1. The Labute approximate surface area is 137 Å². The second-order valence-electron chi connectivity index (χ2n) is 5.70. The van der Waals surface area contributed by atoms with Crippen LogP contribution in [0.25, 0.3) is 0 Å². The first kappa shape index (κ1) is 18.3. The molecule has 24 heavy (non-hydrogen) atoms. The molecule has 0 spiro atoms. The average Bonchev–Trinajstić information content (AvgIpc) is 2.97. The van der Waals surface area contributed by atoms with E-state index in [9.17, 15) is 26.4 Å². The Hall–Kier alpha value is -2.08. The summed E-state index contributed by atoms with van der Waals surface area (Å²) in [6.45, 7) is 0. The highest BCUT2D eigenvalue weighted by atomic mass is 32.2. The number of carbonyl (C=O) groups excluding carboxylic acids is 1. The number of amides is 1. The van der Waals surface area contributed by atoms with E-state index in [0.29, 0.717) is 6.07 Å². The van der Waals surface area contributed by atoms with E-state index in [4.69, 9.17) is 5.26 Å². The molecule has 1 fully saturated rings. The van der Waals surface area contributed by atoms with Crippen molar-refractivity contribution < 1.29 is 26.4 Å². The normalized spacial score (nSPS) is 15.9. The predicted octanol–water partition coefficient (Wildman–Crippen LogP) is 2.96. The van der Waals surface area contributed by atoms with Gasteiger partial charge in [0.1, 0.15) is 0 Å². The molecular weight excluding hydrogens is 345 g/mol. The monoisotopic (exact) mass is 360 g/mol. The first-order valence-corrected chi connectivity index (χ1v) is 8.79. The highest BCUT2D eigenvalue weighted by Gasteiger charge is 2.35. The van der Waals surface area contributed by atoms with Crippen LogP contribution < -0.4 is 4.72 Å². The smallest absolute Gasteiger partial charge is 0.274 e. The number of alkyl halides is 3. The average molecular weight is 360 g/mol. The molecule has 9 heteroatoms. The molecule has 0 atom stereocenters. The third-order valence-electron chi connectivity index (χ3n) is 3.92. The molecule has 2 rings (SSSR count). The van der Waals surface area contributed by atoms with Crippen molar-refractivity contribution in [3.8, 4) is 6.07 Å². The van der Waals surface area contributed by atoms with E-state index in [-0.39, 0.29) is 12.3 Å². The first-order valence-electron chi connectivity index (χ1n) is 7.30.